The number of thiophene rings is 1. The first-order valence-corrected chi connectivity index (χ1v) is 11.7. The third-order valence-electron chi connectivity index (χ3n) is 5.80. The predicted octanol–water partition coefficient (Wildman–Crippen LogP) is 5.49. The maximum absolute atomic E-state index is 15.7. The minimum absolute atomic E-state index is 0.0493. The van der Waals surface area contributed by atoms with Gasteiger partial charge in [0.05, 0.1) is 34.6 Å². The van der Waals surface area contributed by atoms with Crippen LogP contribution in [0.15, 0.2) is 35.1 Å². The van der Waals surface area contributed by atoms with Gasteiger partial charge >= 0.3 is 5.97 Å². The Morgan fingerprint density at radius 1 is 1.34 bits per heavy atom. The lowest BCUT2D eigenvalue weighted by molar-refractivity contribution is 0.0542. The van der Waals surface area contributed by atoms with Crippen molar-refractivity contribution in [2.24, 2.45) is 5.92 Å². The summed E-state index contributed by atoms with van der Waals surface area (Å²) in [4.78, 5) is 20.9. The Labute approximate surface area is 194 Å². The molecule has 10 heteroatoms. The van der Waals surface area contributed by atoms with E-state index in [0.29, 0.717) is 46.3 Å². The van der Waals surface area contributed by atoms with Crippen molar-refractivity contribution in [3.8, 4) is 0 Å². The molecule has 166 valence electrons. The van der Waals surface area contributed by atoms with Crippen molar-refractivity contribution in [3.05, 3.63) is 57.3 Å². The van der Waals surface area contributed by atoms with Crippen LogP contribution in [0.1, 0.15) is 34.2 Å². The lowest BCUT2D eigenvalue weighted by Crippen LogP contribution is -2.28. The number of fused-ring (bicyclic) bond motifs is 3. The van der Waals surface area contributed by atoms with Gasteiger partial charge < -0.3 is 14.0 Å². The molecule has 0 radical (unpaired) electrons. The molecule has 1 unspecified atom stereocenters. The second-order valence-corrected chi connectivity index (χ2v) is 9.51. The second kappa shape index (κ2) is 8.49. The fourth-order valence-electron chi connectivity index (χ4n) is 4.40. The topological polar surface area (TPSA) is 66.2 Å². The van der Waals surface area contributed by atoms with Gasteiger partial charge in [0.2, 0.25) is 0 Å². The Balaban J connectivity index is 1.87. The van der Waals surface area contributed by atoms with Crippen LogP contribution in [0.3, 0.4) is 0 Å². The molecule has 1 fully saturated rings. The zero-order valence-electron chi connectivity index (χ0n) is 17.0. The molecule has 4 aromatic heterocycles. The number of carbonyl (C=O) groups is 1. The van der Waals surface area contributed by atoms with Crippen molar-refractivity contribution < 1.29 is 23.0 Å². The number of esters is 1. The average molecular weight is 522 g/mol. The van der Waals surface area contributed by atoms with Crippen LogP contribution in [-0.4, -0.2) is 40.8 Å². The zero-order valence-corrected chi connectivity index (χ0v) is 19.4. The van der Waals surface area contributed by atoms with Crippen LogP contribution in [-0.2, 0) is 9.47 Å². The fraction of sp³-hybridized carbons (Fsp3) is 0.318. The van der Waals surface area contributed by atoms with Gasteiger partial charge in [0, 0.05) is 30.1 Å². The van der Waals surface area contributed by atoms with Gasteiger partial charge in [0.1, 0.15) is 11.3 Å². The maximum atomic E-state index is 15.7. The summed E-state index contributed by atoms with van der Waals surface area (Å²) in [6.07, 6.45) is 4.48. The molecule has 5 heterocycles. The summed E-state index contributed by atoms with van der Waals surface area (Å²) in [6, 6.07) is 4.11. The normalized spacial score (nSPS) is 16.0. The fourth-order valence-corrected chi connectivity index (χ4v) is 5.82. The van der Waals surface area contributed by atoms with E-state index in [0.717, 1.165) is 11.3 Å². The molecule has 4 aromatic rings. The number of carbonyl (C=O) groups excluding carboxylic acids is 1. The third kappa shape index (κ3) is 3.41. The van der Waals surface area contributed by atoms with Crippen molar-refractivity contribution in [1.29, 1.82) is 0 Å². The maximum Gasteiger partial charge on any atom is 0.351 e. The first-order chi connectivity index (χ1) is 15.5. The summed E-state index contributed by atoms with van der Waals surface area (Å²) in [7, 11) is 1.21. The van der Waals surface area contributed by atoms with E-state index < -0.39 is 23.6 Å². The lowest BCUT2D eigenvalue weighted by atomic mass is 9.88. The highest BCUT2D eigenvalue weighted by molar-refractivity contribution is 9.10. The molecular formula is C22H18BrF2N3O3S. The van der Waals surface area contributed by atoms with Gasteiger partial charge in [-0.05, 0) is 52.9 Å². The van der Waals surface area contributed by atoms with Crippen LogP contribution < -0.4 is 0 Å². The number of pyridine rings is 2. The van der Waals surface area contributed by atoms with E-state index in [9.17, 15) is 4.79 Å². The number of ether oxygens (including phenoxy) is 2. The van der Waals surface area contributed by atoms with E-state index in [1.807, 2.05) is 6.07 Å². The Morgan fingerprint density at radius 3 is 2.84 bits per heavy atom. The lowest BCUT2D eigenvalue weighted by Gasteiger charge is -2.32. The number of aromatic nitrogens is 3. The number of hydrogen-bond acceptors (Lipinski definition) is 6. The minimum Gasteiger partial charge on any atom is -0.465 e. The molecule has 0 spiro atoms. The van der Waals surface area contributed by atoms with Gasteiger partial charge in [-0.2, -0.15) is 0 Å². The monoisotopic (exact) mass is 521 g/mol. The van der Waals surface area contributed by atoms with Gasteiger partial charge in [0.25, 0.3) is 0 Å². The standard InChI is InChI=1S/C22H18BrF2N3O3S/c1-30-22(29)20-15(25)19-21(32-20)17-14(9-12(23)10-27-17)28(19)18(11-4-7-31-8-5-11)16-13(24)3-2-6-26-16/h2-3,6,9-11,18H,4-5,7-8H2,1H3. The highest BCUT2D eigenvalue weighted by Crippen LogP contribution is 2.44. The van der Waals surface area contributed by atoms with Gasteiger partial charge in [-0.15, -0.1) is 11.3 Å². The van der Waals surface area contributed by atoms with Crippen LogP contribution in [0.5, 0.6) is 0 Å². The molecule has 1 aliphatic rings. The molecule has 32 heavy (non-hydrogen) atoms. The molecule has 1 atom stereocenters. The summed E-state index contributed by atoms with van der Waals surface area (Å²) in [5.74, 6) is -1.97. The summed E-state index contributed by atoms with van der Waals surface area (Å²) < 4.78 is 44.0. The molecule has 1 aliphatic heterocycles. The van der Waals surface area contributed by atoms with Crippen molar-refractivity contribution in [2.75, 3.05) is 20.3 Å². The van der Waals surface area contributed by atoms with E-state index >= 15 is 8.78 Å². The molecule has 5 rings (SSSR count). The largest absolute Gasteiger partial charge is 0.465 e. The van der Waals surface area contributed by atoms with Crippen molar-refractivity contribution >= 4 is 54.5 Å². The van der Waals surface area contributed by atoms with E-state index in [1.165, 1.54) is 25.4 Å². The molecule has 1 saturated heterocycles. The summed E-state index contributed by atoms with van der Waals surface area (Å²) >= 11 is 4.43. The van der Waals surface area contributed by atoms with E-state index in [-0.39, 0.29) is 22.0 Å². The number of nitrogens with zero attached hydrogens (tertiary/aromatic N) is 3. The van der Waals surface area contributed by atoms with Crippen LogP contribution in [0, 0.1) is 17.6 Å². The first kappa shape index (κ1) is 21.4. The third-order valence-corrected chi connectivity index (χ3v) is 7.38. The Morgan fingerprint density at radius 2 is 2.12 bits per heavy atom. The highest BCUT2D eigenvalue weighted by atomic mass is 79.9. The number of rotatable bonds is 4. The minimum atomic E-state index is -0.757. The molecule has 0 aliphatic carbocycles. The second-order valence-electron chi connectivity index (χ2n) is 7.57. The van der Waals surface area contributed by atoms with Gasteiger partial charge in [-0.3, -0.25) is 9.97 Å². The van der Waals surface area contributed by atoms with Gasteiger partial charge in [-0.1, -0.05) is 0 Å². The van der Waals surface area contributed by atoms with Crippen LogP contribution in [0.2, 0.25) is 0 Å². The van der Waals surface area contributed by atoms with Gasteiger partial charge in [0.15, 0.2) is 10.7 Å². The smallest absolute Gasteiger partial charge is 0.351 e. The molecular weight excluding hydrogens is 504 g/mol. The molecule has 0 bridgehead atoms. The summed E-state index contributed by atoms with van der Waals surface area (Å²) in [5.41, 5.74) is 1.61. The molecule has 0 amide bonds. The Bertz CT molecular complexity index is 1330. The number of methoxy groups -OCH3 is 1. The van der Waals surface area contributed by atoms with Crippen molar-refractivity contribution in [1.82, 2.24) is 14.5 Å². The average Bonchev–Trinajstić information content (AvgIpc) is 3.30. The predicted molar refractivity (Wildman–Crippen MR) is 120 cm³/mol. The SMILES string of the molecule is COC(=O)c1sc2c3ncc(Br)cc3n(C(c3ncccc3F)C3CCOCC3)c2c1F. The molecule has 6 nitrogen and oxygen atoms in total. The zero-order chi connectivity index (χ0) is 22.4. The van der Waals surface area contributed by atoms with Crippen LogP contribution >= 0.6 is 27.3 Å². The first-order valence-electron chi connectivity index (χ1n) is 10.0. The summed E-state index contributed by atoms with van der Waals surface area (Å²) in [5, 5.41) is 0. The quantitative estimate of drug-likeness (QED) is 0.332. The Kier molecular flexibility index (Phi) is 5.68. The molecule has 0 aromatic carbocycles. The van der Waals surface area contributed by atoms with Crippen molar-refractivity contribution in [3.63, 3.8) is 0 Å². The summed E-state index contributed by atoms with van der Waals surface area (Å²) in [6.45, 7) is 1.05. The Hall–Kier alpha value is -2.43. The van der Waals surface area contributed by atoms with Gasteiger partial charge in [-0.25, -0.2) is 13.6 Å². The van der Waals surface area contributed by atoms with E-state index in [1.54, 1.807) is 10.8 Å². The van der Waals surface area contributed by atoms with Crippen LogP contribution in [0.4, 0.5) is 8.78 Å². The van der Waals surface area contributed by atoms with Crippen LogP contribution in [0.25, 0.3) is 21.3 Å². The molecule has 0 N–H and O–H groups in total. The molecule has 0 saturated carbocycles. The van der Waals surface area contributed by atoms with E-state index in [2.05, 4.69) is 25.9 Å². The van der Waals surface area contributed by atoms with E-state index in [4.69, 9.17) is 9.47 Å². The number of halogens is 3. The number of hydrogen-bond donors (Lipinski definition) is 0. The highest BCUT2D eigenvalue weighted by Gasteiger charge is 2.35. The van der Waals surface area contributed by atoms with Crippen molar-refractivity contribution in [2.45, 2.75) is 18.9 Å².